The van der Waals surface area contributed by atoms with Crippen molar-refractivity contribution in [1.29, 1.82) is 0 Å². The number of nitrogens with zero attached hydrogens (tertiary/aromatic N) is 7. The Hall–Kier alpha value is -4.88. The maximum atomic E-state index is 16.1. The second kappa shape index (κ2) is 13.2. The number of pyridine rings is 1. The number of halogens is 4. The Morgan fingerprint density at radius 1 is 0.796 bits per heavy atom. The molecule has 0 amide bonds. The molecule has 5 aromatic rings. The van der Waals surface area contributed by atoms with Crippen molar-refractivity contribution in [2.75, 3.05) is 36.0 Å². The lowest BCUT2D eigenvalue weighted by Gasteiger charge is -2.37. The van der Waals surface area contributed by atoms with Crippen LogP contribution in [0.25, 0.3) is 11.1 Å². The third-order valence-electron chi connectivity index (χ3n) is 9.00. The number of hydrogen-bond donors (Lipinski definition) is 2. The Kier molecular flexibility index (Phi) is 9.16. The fraction of sp³-hybridized carbons (Fsp3) is 0.333. The molecule has 0 saturated carbocycles. The molecule has 1 aliphatic rings. The van der Waals surface area contributed by atoms with E-state index in [9.17, 15) is 19.0 Å². The topological polar surface area (TPSA) is 103 Å². The normalized spacial score (nSPS) is 16.0. The Morgan fingerprint density at radius 3 is 1.90 bits per heavy atom. The lowest BCUT2D eigenvalue weighted by molar-refractivity contribution is -0.207. The zero-order chi connectivity index (χ0) is 35.0. The van der Waals surface area contributed by atoms with Crippen LogP contribution in [0.15, 0.2) is 91.4 Å². The predicted molar refractivity (Wildman–Crippen MR) is 177 cm³/mol. The van der Waals surface area contributed by atoms with Gasteiger partial charge < -0.3 is 20.0 Å². The van der Waals surface area contributed by atoms with Crippen LogP contribution in [0.2, 0.25) is 0 Å². The highest BCUT2D eigenvalue weighted by atomic mass is 19.3. The number of aliphatic hydroxyl groups is 2. The maximum Gasteiger partial charge on any atom is 0.323 e. The molecule has 2 N–H and O–H groups in total. The molecule has 2 aromatic heterocycles. The van der Waals surface area contributed by atoms with Crippen molar-refractivity contribution in [2.24, 2.45) is 5.41 Å². The minimum atomic E-state index is -4.14. The van der Waals surface area contributed by atoms with Crippen molar-refractivity contribution in [1.82, 2.24) is 25.2 Å². The van der Waals surface area contributed by atoms with Gasteiger partial charge in [-0.05, 0) is 69.4 Å². The van der Waals surface area contributed by atoms with Crippen LogP contribution in [0, 0.1) is 17.0 Å². The molecule has 1 fully saturated rings. The van der Waals surface area contributed by atoms with Gasteiger partial charge in [0.15, 0.2) is 5.60 Å². The zero-order valence-corrected chi connectivity index (χ0v) is 27.3. The van der Waals surface area contributed by atoms with Gasteiger partial charge in [-0.2, -0.15) is 8.78 Å². The summed E-state index contributed by atoms with van der Waals surface area (Å²) in [6.07, 6.45) is 1.73. The fourth-order valence-corrected chi connectivity index (χ4v) is 6.08. The number of anilines is 2. The number of piperazine rings is 1. The van der Waals surface area contributed by atoms with E-state index >= 15 is 8.78 Å². The Morgan fingerprint density at radius 2 is 1.39 bits per heavy atom. The Bertz CT molecular complexity index is 1860. The third-order valence-corrected chi connectivity index (χ3v) is 9.00. The summed E-state index contributed by atoms with van der Waals surface area (Å²) in [5, 5.41) is 32.3. The molecule has 0 radical (unpaired) electrons. The molecule has 3 aromatic carbocycles. The summed E-state index contributed by atoms with van der Waals surface area (Å²) in [4.78, 5) is 8.57. The molecular weight excluding hydrogens is 638 g/mol. The van der Waals surface area contributed by atoms with Gasteiger partial charge in [0.2, 0.25) is 0 Å². The molecule has 256 valence electrons. The second-order valence-electron chi connectivity index (χ2n) is 13.4. The van der Waals surface area contributed by atoms with Crippen LogP contribution in [0.5, 0.6) is 0 Å². The molecule has 0 bridgehead atoms. The molecule has 0 spiro atoms. The number of tetrazole rings is 1. The molecule has 9 nitrogen and oxygen atoms in total. The van der Waals surface area contributed by atoms with Crippen LogP contribution in [0.1, 0.15) is 43.7 Å². The molecule has 6 rings (SSSR count). The van der Waals surface area contributed by atoms with Crippen LogP contribution in [-0.2, 0) is 18.1 Å². The van der Waals surface area contributed by atoms with E-state index in [0.29, 0.717) is 11.6 Å². The molecule has 49 heavy (non-hydrogen) atoms. The Labute approximate surface area is 281 Å². The maximum absolute atomic E-state index is 16.1. The summed E-state index contributed by atoms with van der Waals surface area (Å²) < 4.78 is 61.5. The van der Waals surface area contributed by atoms with Gasteiger partial charge in [-0.25, -0.2) is 13.5 Å². The first kappa shape index (κ1) is 34.0. The van der Waals surface area contributed by atoms with Gasteiger partial charge in [0.25, 0.3) is 0 Å². The van der Waals surface area contributed by atoms with E-state index in [1.165, 1.54) is 12.3 Å². The number of alkyl halides is 2. The van der Waals surface area contributed by atoms with Crippen LogP contribution < -0.4 is 9.80 Å². The van der Waals surface area contributed by atoms with Crippen molar-refractivity contribution >= 4 is 11.4 Å². The summed E-state index contributed by atoms with van der Waals surface area (Å²) in [7, 11) is 0. The van der Waals surface area contributed by atoms with Gasteiger partial charge in [-0.3, -0.25) is 4.98 Å². The average molecular weight is 676 g/mol. The minimum absolute atomic E-state index is 0.240. The van der Waals surface area contributed by atoms with E-state index in [2.05, 4.69) is 42.4 Å². The van der Waals surface area contributed by atoms with Crippen LogP contribution in [-0.4, -0.2) is 61.6 Å². The number of rotatable bonds is 9. The number of hydrogen-bond acceptors (Lipinski definition) is 8. The van der Waals surface area contributed by atoms with Crippen LogP contribution in [0.3, 0.4) is 0 Å². The van der Waals surface area contributed by atoms with Crippen molar-refractivity contribution < 1.29 is 27.8 Å². The first-order valence-corrected chi connectivity index (χ1v) is 15.9. The van der Waals surface area contributed by atoms with E-state index < -0.39 is 47.1 Å². The molecule has 2 atom stereocenters. The molecule has 1 aliphatic heterocycles. The SMILES string of the molecule is CC(C)(C)C(O)c1ccc(N2CCN(c3ccc(-c4ccc(C(F)(F)[C@](O)(Cn5cnnn5)c5ccc(F)cc5F)nc4)cc3)CC2)cc1. The summed E-state index contributed by atoms with van der Waals surface area (Å²) in [5.41, 5.74) is -0.750. The highest BCUT2D eigenvalue weighted by Gasteiger charge is 2.58. The minimum Gasteiger partial charge on any atom is -0.388 e. The fourth-order valence-electron chi connectivity index (χ4n) is 6.08. The lowest BCUT2D eigenvalue weighted by atomic mass is 9.84. The smallest absolute Gasteiger partial charge is 0.323 e. The summed E-state index contributed by atoms with van der Waals surface area (Å²) in [6, 6.07) is 20.3. The van der Waals surface area contributed by atoms with Crippen molar-refractivity contribution in [3.63, 3.8) is 0 Å². The van der Waals surface area contributed by atoms with Gasteiger partial charge in [0.05, 0.1) is 12.6 Å². The van der Waals surface area contributed by atoms with E-state index in [1.807, 2.05) is 57.2 Å². The Balaban J connectivity index is 1.14. The van der Waals surface area contributed by atoms with E-state index in [4.69, 9.17) is 0 Å². The van der Waals surface area contributed by atoms with Crippen molar-refractivity contribution in [2.45, 2.75) is 44.9 Å². The quantitative estimate of drug-likeness (QED) is 0.181. The van der Waals surface area contributed by atoms with Gasteiger partial charge in [-0.15, -0.1) is 5.10 Å². The van der Waals surface area contributed by atoms with E-state index in [0.717, 1.165) is 77.9 Å². The molecular formula is C36H37F4N7O2. The van der Waals surface area contributed by atoms with Crippen molar-refractivity contribution in [3.8, 4) is 11.1 Å². The largest absolute Gasteiger partial charge is 0.388 e. The highest BCUT2D eigenvalue weighted by molar-refractivity contribution is 5.66. The average Bonchev–Trinajstić information content (AvgIpc) is 3.60. The highest BCUT2D eigenvalue weighted by Crippen LogP contribution is 2.47. The summed E-state index contributed by atoms with van der Waals surface area (Å²) in [6.45, 7) is 8.36. The predicted octanol–water partition coefficient (Wildman–Crippen LogP) is 6.10. The lowest BCUT2D eigenvalue weighted by Crippen LogP contribution is -2.48. The van der Waals surface area contributed by atoms with E-state index in [-0.39, 0.29) is 5.41 Å². The van der Waals surface area contributed by atoms with Gasteiger partial charge in [-0.1, -0.05) is 51.1 Å². The molecule has 3 heterocycles. The third kappa shape index (κ3) is 6.86. The molecule has 1 unspecified atom stereocenters. The van der Waals surface area contributed by atoms with E-state index in [1.54, 1.807) is 0 Å². The number of benzene rings is 3. The van der Waals surface area contributed by atoms with Gasteiger partial charge in [0, 0.05) is 60.9 Å². The summed E-state index contributed by atoms with van der Waals surface area (Å²) in [5.74, 6) is -6.47. The van der Waals surface area contributed by atoms with Gasteiger partial charge in [0.1, 0.15) is 23.7 Å². The standard InChI is InChI=1S/C36H37F4N7O2/c1-34(2,3)33(48)25-6-12-29(13-7-25)46-18-16-45(17-19-46)28-10-4-24(5-11-28)26-8-15-32(41-21-26)36(39,40)35(49,22-47-23-42-43-44-47)30-14-9-27(37)20-31(30)38/h4-15,20-21,23,33,48-49H,16-19,22H2,1-3H3/t33?,35-/m0/s1. The molecule has 1 saturated heterocycles. The van der Waals surface area contributed by atoms with Crippen molar-refractivity contribution in [3.05, 3.63) is 120 Å². The first-order valence-electron chi connectivity index (χ1n) is 15.9. The molecule has 13 heteroatoms. The number of aromatic nitrogens is 5. The van der Waals surface area contributed by atoms with Crippen LogP contribution >= 0.6 is 0 Å². The number of aliphatic hydroxyl groups excluding tert-OH is 1. The molecule has 0 aliphatic carbocycles. The van der Waals surface area contributed by atoms with Crippen LogP contribution in [0.4, 0.5) is 28.9 Å². The van der Waals surface area contributed by atoms with Gasteiger partial charge >= 0.3 is 5.92 Å². The monoisotopic (exact) mass is 675 g/mol. The second-order valence-corrected chi connectivity index (χ2v) is 13.4. The summed E-state index contributed by atoms with van der Waals surface area (Å²) >= 11 is 0. The zero-order valence-electron chi connectivity index (χ0n) is 27.3. The first-order chi connectivity index (χ1) is 23.3.